The summed E-state index contributed by atoms with van der Waals surface area (Å²) < 4.78 is 27.6. The standard InChI is InChI=1S/C11H13F2IN2/c12-9-1-2-10(14)11(13)8(9)6-16-4-3-7(15)5-16/h1-2,7H,3-6,15H2/t7-/m0/s1. The van der Waals surface area contributed by atoms with Crippen molar-refractivity contribution in [1.29, 1.82) is 0 Å². The van der Waals surface area contributed by atoms with Gasteiger partial charge in [-0.05, 0) is 41.1 Å². The fourth-order valence-corrected chi connectivity index (χ4v) is 2.45. The molecule has 0 saturated carbocycles. The maximum atomic E-state index is 13.7. The molecule has 0 aliphatic carbocycles. The van der Waals surface area contributed by atoms with Gasteiger partial charge in [0.15, 0.2) is 0 Å². The van der Waals surface area contributed by atoms with E-state index in [4.69, 9.17) is 5.73 Å². The maximum Gasteiger partial charge on any atom is 0.143 e. The Morgan fingerprint density at radius 3 is 2.81 bits per heavy atom. The lowest BCUT2D eigenvalue weighted by atomic mass is 10.2. The van der Waals surface area contributed by atoms with Crippen LogP contribution in [0, 0.1) is 15.2 Å². The van der Waals surface area contributed by atoms with E-state index in [1.165, 1.54) is 12.1 Å². The largest absolute Gasteiger partial charge is 0.326 e. The summed E-state index contributed by atoms with van der Waals surface area (Å²) in [5.74, 6) is -0.917. The van der Waals surface area contributed by atoms with Crippen LogP contribution in [0.1, 0.15) is 12.0 Å². The second-order valence-electron chi connectivity index (χ2n) is 4.11. The van der Waals surface area contributed by atoms with E-state index in [2.05, 4.69) is 0 Å². The minimum absolute atomic E-state index is 0.133. The second-order valence-corrected chi connectivity index (χ2v) is 5.27. The first-order chi connectivity index (χ1) is 7.58. The van der Waals surface area contributed by atoms with E-state index in [-0.39, 0.29) is 11.6 Å². The Balaban J connectivity index is 2.18. The molecule has 1 saturated heterocycles. The predicted molar refractivity (Wildman–Crippen MR) is 66.9 cm³/mol. The number of nitrogens with zero attached hydrogens (tertiary/aromatic N) is 1. The number of hydrogen-bond donors (Lipinski definition) is 1. The summed E-state index contributed by atoms with van der Waals surface area (Å²) in [6.07, 6.45) is 0.896. The first-order valence-corrected chi connectivity index (χ1v) is 6.26. The smallest absolute Gasteiger partial charge is 0.143 e. The highest BCUT2D eigenvalue weighted by Crippen LogP contribution is 2.21. The van der Waals surface area contributed by atoms with Gasteiger partial charge in [-0.25, -0.2) is 8.78 Å². The maximum absolute atomic E-state index is 13.7. The molecular formula is C11H13F2IN2. The van der Waals surface area contributed by atoms with Gasteiger partial charge in [-0.1, -0.05) is 0 Å². The van der Waals surface area contributed by atoms with Gasteiger partial charge in [0.2, 0.25) is 0 Å². The first-order valence-electron chi connectivity index (χ1n) is 5.18. The summed E-state index contributed by atoms with van der Waals surface area (Å²) in [5, 5.41) is 0. The zero-order chi connectivity index (χ0) is 11.7. The van der Waals surface area contributed by atoms with E-state index in [1.807, 2.05) is 27.5 Å². The molecule has 1 aromatic carbocycles. The molecule has 0 aromatic heterocycles. The van der Waals surface area contributed by atoms with Gasteiger partial charge in [0.1, 0.15) is 11.6 Å². The highest BCUT2D eigenvalue weighted by atomic mass is 127. The first kappa shape index (κ1) is 12.2. The lowest BCUT2D eigenvalue weighted by molar-refractivity contribution is 0.314. The molecule has 1 aliphatic rings. The van der Waals surface area contributed by atoms with Crippen LogP contribution in [-0.4, -0.2) is 24.0 Å². The van der Waals surface area contributed by atoms with Crippen molar-refractivity contribution in [1.82, 2.24) is 4.90 Å². The Morgan fingerprint density at radius 1 is 1.44 bits per heavy atom. The molecule has 88 valence electrons. The second kappa shape index (κ2) is 4.93. The highest BCUT2D eigenvalue weighted by molar-refractivity contribution is 14.1. The number of hydrogen-bond acceptors (Lipinski definition) is 2. The van der Waals surface area contributed by atoms with Crippen molar-refractivity contribution in [3.8, 4) is 0 Å². The van der Waals surface area contributed by atoms with Crippen molar-refractivity contribution in [3.05, 3.63) is 32.9 Å². The van der Waals surface area contributed by atoms with Crippen molar-refractivity contribution in [2.75, 3.05) is 13.1 Å². The molecule has 5 heteroatoms. The van der Waals surface area contributed by atoms with Crippen LogP contribution < -0.4 is 5.73 Å². The predicted octanol–water partition coefficient (Wildman–Crippen LogP) is 2.10. The van der Waals surface area contributed by atoms with E-state index in [0.717, 1.165) is 13.0 Å². The highest BCUT2D eigenvalue weighted by Gasteiger charge is 2.22. The van der Waals surface area contributed by atoms with Crippen LogP contribution in [0.2, 0.25) is 0 Å². The number of benzene rings is 1. The third kappa shape index (κ3) is 2.52. The number of likely N-dealkylation sites (tertiary alicyclic amines) is 1. The lowest BCUT2D eigenvalue weighted by Gasteiger charge is -2.16. The molecular weight excluding hydrogens is 325 g/mol. The molecule has 1 fully saturated rings. The molecule has 16 heavy (non-hydrogen) atoms. The number of rotatable bonds is 2. The van der Waals surface area contributed by atoms with Gasteiger partial charge in [-0.3, -0.25) is 4.90 Å². The Labute approximate surface area is 107 Å². The van der Waals surface area contributed by atoms with Gasteiger partial charge in [0, 0.05) is 34.8 Å². The third-order valence-corrected chi connectivity index (χ3v) is 3.66. The van der Waals surface area contributed by atoms with Gasteiger partial charge in [-0.15, -0.1) is 0 Å². The summed E-state index contributed by atoms with van der Waals surface area (Å²) in [4.78, 5) is 1.99. The summed E-state index contributed by atoms with van der Waals surface area (Å²) in [7, 11) is 0. The number of halogens is 3. The summed E-state index contributed by atoms with van der Waals surface area (Å²) in [5.41, 5.74) is 5.91. The topological polar surface area (TPSA) is 29.3 Å². The summed E-state index contributed by atoms with van der Waals surface area (Å²) in [6, 6.07) is 2.90. The van der Waals surface area contributed by atoms with E-state index < -0.39 is 11.6 Å². The average molecular weight is 338 g/mol. The van der Waals surface area contributed by atoms with Crippen LogP contribution in [0.25, 0.3) is 0 Å². The van der Waals surface area contributed by atoms with Crippen molar-refractivity contribution in [2.45, 2.75) is 19.0 Å². The van der Waals surface area contributed by atoms with Crippen molar-refractivity contribution in [2.24, 2.45) is 5.73 Å². The van der Waals surface area contributed by atoms with E-state index in [9.17, 15) is 8.78 Å². The SMILES string of the molecule is N[C@H]1CCN(Cc2c(F)ccc(I)c2F)C1. The van der Waals surface area contributed by atoms with Crippen LogP contribution in [0.4, 0.5) is 8.78 Å². The summed E-state index contributed by atoms with van der Waals surface area (Å²) in [6.45, 7) is 1.83. The molecule has 1 atom stereocenters. The van der Waals surface area contributed by atoms with E-state index >= 15 is 0 Å². The van der Waals surface area contributed by atoms with Gasteiger partial charge < -0.3 is 5.73 Å². The van der Waals surface area contributed by atoms with Crippen molar-refractivity contribution in [3.63, 3.8) is 0 Å². The minimum Gasteiger partial charge on any atom is -0.326 e. The molecule has 2 N–H and O–H groups in total. The van der Waals surface area contributed by atoms with Crippen LogP contribution >= 0.6 is 22.6 Å². The fourth-order valence-electron chi connectivity index (χ4n) is 1.94. The van der Waals surface area contributed by atoms with Crippen LogP contribution in [0.3, 0.4) is 0 Å². The zero-order valence-electron chi connectivity index (χ0n) is 8.72. The normalized spacial score (nSPS) is 21.6. The van der Waals surface area contributed by atoms with Crippen LogP contribution in [0.5, 0.6) is 0 Å². The molecule has 1 heterocycles. The molecule has 1 aromatic rings. The Bertz CT molecular complexity index is 398. The lowest BCUT2D eigenvalue weighted by Crippen LogP contribution is -2.27. The van der Waals surface area contributed by atoms with E-state index in [0.29, 0.717) is 16.7 Å². The average Bonchev–Trinajstić information content (AvgIpc) is 2.65. The fraction of sp³-hybridized carbons (Fsp3) is 0.455. The van der Waals surface area contributed by atoms with Crippen LogP contribution in [0.15, 0.2) is 12.1 Å². The van der Waals surface area contributed by atoms with Gasteiger partial charge in [-0.2, -0.15) is 0 Å². The van der Waals surface area contributed by atoms with Gasteiger partial charge in [0.25, 0.3) is 0 Å². The quantitative estimate of drug-likeness (QED) is 0.661. The van der Waals surface area contributed by atoms with Gasteiger partial charge >= 0.3 is 0 Å². The monoisotopic (exact) mass is 338 g/mol. The Kier molecular flexibility index (Phi) is 3.76. The molecule has 0 radical (unpaired) electrons. The summed E-state index contributed by atoms with van der Waals surface area (Å²) >= 11 is 1.87. The molecule has 0 unspecified atom stereocenters. The van der Waals surface area contributed by atoms with E-state index in [1.54, 1.807) is 0 Å². The zero-order valence-corrected chi connectivity index (χ0v) is 10.9. The van der Waals surface area contributed by atoms with Crippen LogP contribution in [-0.2, 0) is 6.54 Å². The van der Waals surface area contributed by atoms with Crippen molar-refractivity contribution < 1.29 is 8.78 Å². The molecule has 0 amide bonds. The number of nitrogens with two attached hydrogens (primary N) is 1. The minimum atomic E-state index is -0.474. The molecule has 0 spiro atoms. The molecule has 2 rings (SSSR count). The van der Waals surface area contributed by atoms with Gasteiger partial charge in [0.05, 0.1) is 0 Å². The molecule has 1 aliphatic heterocycles. The van der Waals surface area contributed by atoms with Crippen molar-refractivity contribution >= 4 is 22.6 Å². The third-order valence-electron chi connectivity index (χ3n) is 2.83. The molecule has 2 nitrogen and oxygen atoms in total. The Morgan fingerprint density at radius 2 is 2.19 bits per heavy atom. The Hall–Kier alpha value is -0.270. The molecule has 0 bridgehead atoms.